The molecule has 0 bridgehead atoms. The molecular formula is C25H29ClN4O3. The Kier molecular flexibility index (Phi) is 7.62. The second-order valence-corrected chi connectivity index (χ2v) is 8.96. The van der Waals surface area contributed by atoms with Gasteiger partial charge in [-0.1, -0.05) is 47.1 Å². The number of aryl methyl sites for hydroxylation is 1. The molecule has 7 nitrogen and oxygen atoms in total. The largest absolute Gasteiger partial charge is 0.491 e. The van der Waals surface area contributed by atoms with Crippen molar-refractivity contribution in [2.24, 2.45) is 5.92 Å². The average Bonchev–Trinajstić information content (AvgIpc) is 3.27. The van der Waals surface area contributed by atoms with E-state index in [1.54, 1.807) is 6.07 Å². The minimum Gasteiger partial charge on any atom is -0.491 e. The number of nitrogens with one attached hydrogen (secondary N) is 1. The molecule has 1 aromatic heterocycles. The SMILES string of the molecule is Cc1ccccc1OCC(C)NC(=O)C1CCCN(Cc2nc(-c3ccccc3Cl)no2)C1. The molecule has 1 saturated heterocycles. The number of amides is 1. The second-order valence-electron chi connectivity index (χ2n) is 8.55. The van der Waals surface area contributed by atoms with Gasteiger partial charge in [0.2, 0.25) is 17.6 Å². The van der Waals surface area contributed by atoms with Crippen LogP contribution >= 0.6 is 11.6 Å². The maximum atomic E-state index is 12.9. The molecule has 3 aromatic rings. The van der Waals surface area contributed by atoms with Crippen LogP contribution in [-0.4, -0.2) is 46.7 Å². The van der Waals surface area contributed by atoms with Crippen molar-refractivity contribution in [3.63, 3.8) is 0 Å². The molecule has 1 aliphatic heterocycles. The molecule has 8 heteroatoms. The van der Waals surface area contributed by atoms with Crippen LogP contribution in [0.2, 0.25) is 5.02 Å². The first-order valence-corrected chi connectivity index (χ1v) is 11.7. The van der Waals surface area contributed by atoms with Crippen molar-refractivity contribution in [1.29, 1.82) is 0 Å². The van der Waals surface area contributed by atoms with Crippen LogP contribution in [0.15, 0.2) is 53.1 Å². The number of aromatic nitrogens is 2. The van der Waals surface area contributed by atoms with E-state index in [0.717, 1.165) is 36.3 Å². The Balaban J connectivity index is 1.28. The first kappa shape index (κ1) is 23.3. The van der Waals surface area contributed by atoms with Gasteiger partial charge >= 0.3 is 0 Å². The maximum Gasteiger partial charge on any atom is 0.241 e. The number of piperidine rings is 1. The summed E-state index contributed by atoms with van der Waals surface area (Å²) in [7, 11) is 0. The van der Waals surface area contributed by atoms with E-state index < -0.39 is 0 Å². The fraction of sp³-hybridized carbons (Fsp3) is 0.400. The molecule has 0 saturated carbocycles. The van der Waals surface area contributed by atoms with E-state index in [2.05, 4.69) is 20.4 Å². The fourth-order valence-electron chi connectivity index (χ4n) is 4.01. The minimum atomic E-state index is -0.0818. The Morgan fingerprint density at radius 2 is 2.06 bits per heavy atom. The summed E-state index contributed by atoms with van der Waals surface area (Å²) in [6.45, 7) is 6.45. The predicted molar refractivity (Wildman–Crippen MR) is 127 cm³/mol. The summed E-state index contributed by atoms with van der Waals surface area (Å²) in [6.07, 6.45) is 1.81. The van der Waals surface area contributed by atoms with Gasteiger partial charge in [-0.15, -0.1) is 0 Å². The number of ether oxygens (including phenoxy) is 1. The Labute approximate surface area is 199 Å². The van der Waals surface area contributed by atoms with Gasteiger partial charge in [0.15, 0.2) is 0 Å². The normalized spacial score (nSPS) is 17.5. The number of carbonyl (C=O) groups excluding carboxylic acids is 1. The molecule has 4 rings (SSSR count). The molecule has 0 radical (unpaired) electrons. The zero-order valence-corrected chi connectivity index (χ0v) is 19.7. The molecule has 2 heterocycles. The molecule has 2 aromatic carbocycles. The molecule has 33 heavy (non-hydrogen) atoms. The van der Waals surface area contributed by atoms with E-state index >= 15 is 0 Å². The Morgan fingerprint density at radius 3 is 2.88 bits per heavy atom. The van der Waals surface area contributed by atoms with Crippen LogP contribution in [-0.2, 0) is 11.3 Å². The Hall–Kier alpha value is -2.90. The molecule has 1 N–H and O–H groups in total. The zero-order chi connectivity index (χ0) is 23.2. The molecule has 0 aliphatic carbocycles. The lowest BCUT2D eigenvalue weighted by molar-refractivity contribution is -0.127. The van der Waals surface area contributed by atoms with Gasteiger partial charge in [0.1, 0.15) is 12.4 Å². The van der Waals surface area contributed by atoms with E-state index in [4.69, 9.17) is 20.9 Å². The number of hydrogen-bond donors (Lipinski definition) is 1. The molecule has 1 amide bonds. The number of hydrogen-bond acceptors (Lipinski definition) is 6. The Bertz CT molecular complexity index is 1090. The minimum absolute atomic E-state index is 0.0582. The maximum absolute atomic E-state index is 12.9. The molecule has 0 spiro atoms. The third kappa shape index (κ3) is 6.12. The average molecular weight is 469 g/mol. The number of rotatable bonds is 8. The van der Waals surface area contributed by atoms with E-state index in [-0.39, 0.29) is 17.9 Å². The summed E-state index contributed by atoms with van der Waals surface area (Å²) in [5.74, 6) is 1.82. The summed E-state index contributed by atoms with van der Waals surface area (Å²) >= 11 is 6.23. The van der Waals surface area contributed by atoms with E-state index in [1.807, 2.05) is 56.3 Å². The highest BCUT2D eigenvalue weighted by molar-refractivity contribution is 6.33. The third-order valence-corrected chi connectivity index (χ3v) is 6.12. The first-order chi connectivity index (χ1) is 16.0. The lowest BCUT2D eigenvalue weighted by Crippen LogP contribution is -2.46. The molecule has 174 valence electrons. The monoisotopic (exact) mass is 468 g/mol. The van der Waals surface area contributed by atoms with Crippen LogP contribution in [0.4, 0.5) is 0 Å². The quantitative estimate of drug-likeness (QED) is 0.524. The van der Waals surface area contributed by atoms with Crippen molar-refractivity contribution < 1.29 is 14.1 Å². The highest BCUT2D eigenvalue weighted by Crippen LogP contribution is 2.26. The summed E-state index contributed by atoms with van der Waals surface area (Å²) in [4.78, 5) is 19.5. The van der Waals surface area contributed by atoms with Gasteiger partial charge in [-0.05, 0) is 57.0 Å². The van der Waals surface area contributed by atoms with Crippen molar-refractivity contribution in [3.05, 3.63) is 65.0 Å². The van der Waals surface area contributed by atoms with E-state index in [1.165, 1.54) is 0 Å². The molecule has 1 aliphatic rings. The van der Waals surface area contributed by atoms with Crippen LogP contribution < -0.4 is 10.1 Å². The predicted octanol–water partition coefficient (Wildman–Crippen LogP) is 4.49. The number of nitrogens with zero attached hydrogens (tertiary/aromatic N) is 3. The molecule has 2 atom stereocenters. The van der Waals surface area contributed by atoms with E-state index in [9.17, 15) is 4.79 Å². The van der Waals surface area contributed by atoms with Crippen LogP contribution in [0.3, 0.4) is 0 Å². The summed E-state index contributed by atoms with van der Waals surface area (Å²) < 4.78 is 11.3. The van der Waals surface area contributed by atoms with Crippen molar-refractivity contribution in [2.75, 3.05) is 19.7 Å². The molecular weight excluding hydrogens is 440 g/mol. The highest BCUT2D eigenvalue weighted by Gasteiger charge is 2.28. The Morgan fingerprint density at radius 1 is 1.27 bits per heavy atom. The van der Waals surface area contributed by atoms with Gasteiger partial charge in [0, 0.05) is 12.1 Å². The van der Waals surface area contributed by atoms with Crippen LogP contribution in [0.5, 0.6) is 5.75 Å². The molecule has 1 fully saturated rings. The van der Waals surface area contributed by atoms with E-state index in [0.29, 0.717) is 36.4 Å². The van der Waals surface area contributed by atoms with Crippen LogP contribution in [0.25, 0.3) is 11.4 Å². The summed E-state index contributed by atoms with van der Waals surface area (Å²) in [5, 5.41) is 7.75. The standard InChI is InChI=1S/C25H29ClN4O3/c1-17-8-3-6-12-22(17)32-16-18(2)27-25(31)19-9-7-13-30(14-19)15-23-28-24(29-33-23)20-10-4-5-11-21(20)26/h3-6,8,10-12,18-19H,7,9,13-16H2,1-2H3,(H,27,31). The molecule has 2 unspecified atom stereocenters. The zero-order valence-electron chi connectivity index (χ0n) is 19.0. The smallest absolute Gasteiger partial charge is 0.241 e. The third-order valence-electron chi connectivity index (χ3n) is 5.79. The van der Waals surface area contributed by atoms with Gasteiger partial charge in [-0.25, -0.2) is 0 Å². The number of halogens is 1. The number of para-hydroxylation sites is 1. The first-order valence-electron chi connectivity index (χ1n) is 11.3. The topological polar surface area (TPSA) is 80.5 Å². The van der Waals surface area contributed by atoms with Gasteiger partial charge in [0.25, 0.3) is 0 Å². The fourth-order valence-corrected chi connectivity index (χ4v) is 4.23. The highest BCUT2D eigenvalue weighted by atomic mass is 35.5. The summed E-state index contributed by atoms with van der Waals surface area (Å²) in [6, 6.07) is 15.2. The van der Waals surface area contributed by atoms with Gasteiger partial charge in [-0.3, -0.25) is 9.69 Å². The van der Waals surface area contributed by atoms with Gasteiger partial charge < -0.3 is 14.6 Å². The number of likely N-dealkylation sites (tertiary alicyclic amines) is 1. The lowest BCUT2D eigenvalue weighted by atomic mass is 9.97. The van der Waals surface area contributed by atoms with Gasteiger partial charge in [-0.2, -0.15) is 4.98 Å². The summed E-state index contributed by atoms with van der Waals surface area (Å²) in [5.41, 5.74) is 1.82. The van der Waals surface area contributed by atoms with Crippen LogP contribution in [0, 0.1) is 12.8 Å². The van der Waals surface area contributed by atoms with Gasteiger partial charge in [0.05, 0.1) is 23.5 Å². The van der Waals surface area contributed by atoms with Crippen molar-refractivity contribution in [2.45, 2.75) is 39.3 Å². The van der Waals surface area contributed by atoms with Crippen LogP contribution in [0.1, 0.15) is 31.2 Å². The lowest BCUT2D eigenvalue weighted by Gasteiger charge is -2.31. The number of carbonyl (C=O) groups is 1. The van der Waals surface area contributed by atoms with Crippen molar-refractivity contribution >= 4 is 17.5 Å². The second kappa shape index (κ2) is 10.8. The van der Waals surface area contributed by atoms with Crippen molar-refractivity contribution in [1.82, 2.24) is 20.4 Å². The van der Waals surface area contributed by atoms with Crippen molar-refractivity contribution in [3.8, 4) is 17.1 Å². The number of benzene rings is 2.